The van der Waals surface area contributed by atoms with E-state index in [0.29, 0.717) is 0 Å². The molecule has 0 aliphatic heterocycles. The quantitative estimate of drug-likeness (QED) is 0.375. The van der Waals surface area contributed by atoms with Gasteiger partial charge in [0, 0.05) is 6.42 Å². The van der Waals surface area contributed by atoms with Gasteiger partial charge in [-0.3, -0.25) is 0 Å². The topological polar surface area (TPSA) is 0 Å². The van der Waals surface area contributed by atoms with E-state index >= 15 is 0 Å². The van der Waals surface area contributed by atoms with E-state index in [4.69, 9.17) is 0 Å². The van der Waals surface area contributed by atoms with Gasteiger partial charge in [0.15, 0.2) is 0 Å². The highest BCUT2D eigenvalue weighted by atomic mass is 14.2. The van der Waals surface area contributed by atoms with Crippen molar-refractivity contribution in [2.45, 2.75) is 0 Å². The first-order valence-electron chi connectivity index (χ1n) is 9.29. The third-order valence-corrected chi connectivity index (χ3v) is 5.14. The average Bonchev–Trinajstić information content (AvgIpc) is 3.19. The second-order valence-electron chi connectivity index (χ2n) is 6.87. The molecule has 1 aliphatic carbocycles. The highest BCUT2D eigenvalue weighted by molar-refractivity contribution is 5.90. The number of rotatable bonds is 3. The largest absolute Gasteiger partial charge is 0.0676 e. The summed E-state index contributed by atoms with van der Waals surface area (Å²) < 4.78 is 0. The van der Waals surface area contributed by atoms with Crippen LogP contribution >= 0.6 is 0 Å². The third-order valence-electron chi connectivity index (χ3n) is 5.14. The van der Waals surface area contributed by atoms with Gasteiger partial charge in [0.1, 0.15) is 0 Å². The number of fused-ring (bicyclic) bond motifs is 1. The van der Waals surface area contributed by atoms with Gasteiger partial charge in [-0.2, -0.15) is 0 Å². The molecule has 0 nitrogen and oxygen atoms in total. The Bertz CT molecular complexity index is 1060. The molecular formula is C27H19. The second kappa shape index (κ2) is 6.74. The molecule has 127 valence electrons. The first-order chi connectivity index (χ1) is 13.4. The van der Waals surface area contributed by atoms with Crippen LogP contribution in [0, 0.1) is 6.42 Å². The SMILES string of the molecule is [CH]1C=C(c2cc(-c3ccccc3)cc(-c3ccccc3)c2)c2ccccc21. The maximum absolute atomic E-state index is 2.31. The van der Waals surface area contributed by atoms with Crippen molar-refractivity contribution in [2.24, 2.45) is 0 Å². The number of hydrogen-bond donors (Lipinski definition) is 0. The molecule has 0 bridgehead atoms. The number of hydrogen-bond acceptors (Lipinski definition) is 0. The smallest absolute Gasteiger partial charge is 0.0138 e. The fourth-order valence-corrected chi connectivity index (χ4v) is 3.78. The molecule has 4 aromatic rings. The van der Waals surface area contributed by atoms with E-state index in [2.05, 4.69) is 116 Å². The number of allylic oxidation sites excluding steroid dienone is 1. The van der Waals surface area contributed by atoms with Gasteiger partial charge in [-0.15, -0.1) is 0 Å². The van der Waals surface area contributed by atoms with Crippen LogP contribution in [0.2, 0.25) is 0 Å². The maximum atomic E-state index is 2.31. The van der Waals surface area contributed by atoms with Gasteiger partial charge in [-0.1, -0.05) is 91.0 Å². The zero-order valence-corrected chi connectivity index (χ0v) is 15.0. The van der Waals surface area contributed by atoms with Crippen LogP contribution in [0.1, 0.15) is 16.7 Å². The maximum Gasteiger partial charge on any atom is 0.0138 e. The summed E-state index contributed by atoms with van der Waals surface area (Å²) in [7, 11) is 0. The summed E-state index contributed by atoms with van der Waals surface area (Å²) in [4.78, 5) is 0. The third kappa shape index (κ3) is 3.00. The van der Waals surface area contributed by atoms with Crippen LogP contribution in [0.25, 0.3) is 27.8 Å². The van der Waals surface area contributed by atoms with Crippen molar-refractivity contribution in [2.75, 3.05) is 0 Å². The van der Waals surface area contributed by atoms with Crippen LogP contribution in [-0.4, -0.2) is 0 Å². The summed E-state index contributed by atoms with van der Waals surface area (Å²) in [5.41, 5.74) is 10.1. The number of benzene rings is 4. The van der Waals surface area contributed by atoms with Crippen LogP contribution < -0.4 is 0 Å². The molecule has 0 amide bonds. The molecule has 0 heteroatoms. The van der Waals surface area contributed by atoms with E-state index in [-0.39, 0.29) is 0 Å². The van der Waals surface area contributed by atoms with Crippen molar-refractivity contribution < 1.29 is 0 Å². The summed E-state index contributed by atoms with van der Waals surface area (Å²) in [5, 5.41) is 0. The van der Waals surface area contributed by atoms with E-state index in [9.17, 15) is 0 Å². The van der Waals surface area contributed by atoms with Gasteiger partial charge >= 0.3 is 0 Å². The van der Waals surface area contributed by atoms with Gasteiger partial charge in [0.2, 0.25) is 0 Å². The fraction of sp³-hybridized carbons (Fsp3) is 0. The molecule has 0 saturated heterocycles. The lowest BCUT2D eigenvalue weighted by Crippen LogP contribution is -1.90. The standard InChI is InChI=1S/C27H19/c1-3-9-20(10-4-1)23-17-24(21-11-5-2-6-12-21)19-25(18-23)27-16-15-22-13-7-8-14-26(22)27/h1-19H. The summed E-state index contributed by atoms with van der Waals surface area (Å²) in [6.45, 7) is 0. The zero-order valence-electron chi connectivity index (χ0n) is 15.0. The van der Waals surface area contributed by atoms with E-state index in [1.165, 1.54) is 44.5 Å². The molecule has 0 unspecified atom stereocenters. The molecule has 0 heterocycles. The lowest BCUT2D eigenvalue weighted by Gasteiger charge is -2.13. The van der Waals surface area contributed by atoms with Gasteiger partial charge in [0.05, 0.1) is 0 Å². The fourth-order valence-electron chi connectivity index (χ4n) is 3.78. The summed E-state index contributed by atoms with van der Waals surface area (Å²) in [5.74, 6) is 0. The predicted molar refractivity (Wildman–Crippen MR) is 114 cm³/mol. The Hall–Kier alpha value is -3.38. The molecule has 0 spiro atoms. The first-order valence-corrected chi connectivity index (χ1v) is 9.29. The normalized spacial score (nSPS) is 12.5. The van der Waals surface area contributed by atoms with E-state index in [1.54, 1.807) is 0 Å². The zero-order chi connectivity index (χ0) is 18.1. The second-order valence-corrected chi connectivity index (χ2v) is 6.87. The van der Waals surface area contributed by atoms with Gasteiger partial charge in [-0.05, 0) is 62.7 Å². The van der Waals surface area contributed by atoms with Gasteiger partial charge < -0.3 is 0 Å². The first kappa shape index (κ1) is 15.8. The molecule has 0 atom stereocenters. The Morgan fingerprint density at radius 2 is 0.926 bits per heavy atom. The Balaban J connectivity index is 1.70. The Morgan fingerprint density at radius 1 is 0.407 bits per heavy atom. The Morgan fingerprint density at radius 3 is 1.56 bits per heavy atom. The highest BCUT2D eigenvalue weighted by Gasteiger charge is 2.17. The van der Waals surface area contributed by atoms with Gasteiger partial charge in [0.25, 0.3) is 0 Å². The van der Waals surface area contributed by atoms with E-state index < -0.39 is 0 Å². The van der Waals surface area contributed by atoms with E-state index in [0.717, 1.165) is 0 Å². The Kier molecular flexibility index (Phi) is 3.95. The van der Waals surface area contributed by atoms with Crippen LogP contribution in [0.15, 0.2) is 109 Å². The minimum Gasteiger partial charge on any atom is -0.0676 e. The van der Waals surface area contributed by atoms with Crippen LogP contribution in [0.4, 0.5) is 0 Å². The van der Waals surface area contributed by atoms with Crippen molar-refractivity contribution in [1.29, 1.82) is 0 Å². The molecule has 4 aromatic carbocycles. The molecule has 27 heavy (non-hydrogen) atoms. The summed E-state index contributed by atoms with van der Waals surface area (Å²) in [6, 6.07) is 36.8. The molecular weight excluding hydrogens is 324 g/mol. The predicted octanol–water partition coefficient (Wildman–Crippen LogP) is 7.02. The average molecular weight is 343 g/mol. The van der Waals surface area contributed by atoms with Crippen LogP contribution in [0.5, 0.6) is 0 Å². The summed E-state index contributed by atoms with van der Waals surface area (Å²) in [6.07, 6.45) is 4.45. The highest BCUT2D eigenvalue weighted by Crippen LogP contribution is 2.37. The minimum absolute atomic E-state index is 1.24. The van der Waals surface area contributed by atoms with Crippen LogP contribution in [0.3, 0.4) is 0 Å². The van der Waals surface area contributed by atoms with Crippen molar-refractivity contribution in [3.05, 3.63) is 132 Å². The minimum atomic E-state index is 1.24. The van der Waals surface area contributed by atoms with Crippen molar-refractivity contribution >= 4 is 5.57 Å². The van der Waals surface area contributed by atoms with Gasteiger partial charge in [-0.25, -0.2) is 0 Å². The molecule has 1 aliphatic rings. The van der Waals surface area contributed by atoms with E-state index in [1.807, 2.05) is 0 Å². The monoisotopic (exact) mass is 343 g/mol. The summed E-state index contributed by atoms with van der Waals surface area (Å²) >= 11 is 0. The van der Waals surface area contributed by atoms with Crippen molar-refractivity contribution in [1.82, 2.24) is 0 Å². The molecule has 0 saturated carbocycles. The lowest BCUT2D eigenvalue weighted by molar-refractivity contribution is 1.51. The molecule has 0 aromatic heterocycles. The molecule has 5 rings (SSSR count). The van der Waals surface area contributed by atoms with Crippen molar-refractivity contribution in [3.63, 3.8) is 0 Å². The molecule has 0 fully saturated rings. The lowest BCUT2D eigenvalue weighted by atomic mass is 9.91. The molecule has 0 N–H and O–H groups in total. The van der Waals surface area contributed by atoms with Crippen LogP contribution in [-0.2, 0) is 0 Å². The Labute approximate surface area is 160 Å². The van der Waals surface area contributed by atoms with Crippen molar-refractivity contribution in [3.8, 4) is 22.3 Å². The molecule has 1 radical (unpaired) electrons.